The van der Waals surface area contributed by atoms with E-state index in [0.29, 0.717) is 25.3 Å². The largest absolute Gasteiger partial charge is 0.383 e. The Morgan fingerprint density at radius 1 is 1.23 bits per heavy atom. The number of pyridine rings is 1. The topological polar surface area (TPSA) is 83.6 Å². The highest BCUT2D eigenvalue weighted by Gasteiger charge is 2.11. The number of amides is 2. The van der Waals surface area contributed by atoms with Crippen LogP contribution in [0.25, 0.3) is 0 Å². The molecule has 0 fully saturated rings. The fourth-order valence-electron chi connectivity index (χ4n) is 1.75. The SMILES string of the molecule is COCCNC(=O)c1cc(C(=O)NCCCN(C)C)ccn1. The van der Waals surface area contributed by atoms with Gasteiger partial charge in [-0.2, -0.15) is 0 Å². The molecule has 2 N–H and O–H groups in total. The second kappa shape index (κ2) is 9.86. The fourth-order valence-corrected chi connectivity index (χ4v) is 1.75. The number of hydrogen-bond donors (Lipinski definition) is 2. The lowest BCUT2D eigenvalue weighted by molar-refractivity contribution is 0.0932. The van der Waals surface area contributed by atoms with Gasteiger partial charge in [-0.05, 0) is 39.2 Å². The van der Waals surface area contributed by atoms with Gasteiger partial charge < -0.3 is 20.3 Å². The molecule has 0 aliphatic carbocycles. The number of rotatable bonds is 9. The van der Waals surface area contributed by atoms with Crippen LogP contribution < -0.4 is 10.6 Å². The predicted molar refractivity (Wildman–Crippen MR) is 84.0 cm³/mol. The third-order valence-electron chi connectivity index (χ3n) is 2.91. The van der Waals surface area contributed by atoms with Crippen molar-refractivity contribution >= 4 is 11.8 Å². The maximum atomic E-state index is 12.0. The van der Waals surface area contributed by atoms with Gasteiger partial charge in [-0.3, -0.25) is 14.6 Å². The van der Waals surface area contributed by atoms with Crippen LogP contribution in [0.5, 0.6) is 0 Å². The lowest BCUT2D eigenvalue weighted by Gasteiger charge is -2.10. The van der Waals surface area contributed by atoms with Crippen molar-refractivity contribution in [2.24, 2.45) is 0 Å². The molecule has 7 nitrogen and oxygen atoms in total. The van der Waals surface area contributed by atoms with Crippen LogP contribution in [0.2, 0.25) is 0 Å². The molecule has 0 bridgehead atoms. The zero-order valence-electron chi connectivity index (χ0n) is 13.4. The van der Waals surface area contributed by atoms with E-state index in [-0.39, 0.29) is 17.5 Å². The number of carbonyl (C=O) groups is 2. The number of carbonyl (C=O) groups excluding carboxylic acids is 2. The molecular formula is C15H24N4O3. The third kappa shape index (κ3) is 6.64. The van der Waals surface area contributed by atoms with E-state index >= 15 is 0 Å². The van der Waals surface area contributed by atoms with Crippen LogP contribution in [0.1, 0.15) is 27.3 Å². The van der Waals surface area contributed by atoms with Gasteiger partial charge in [0.15, 0.2) is 0 Å². The average Bonchev–Trinajstić information content (AvgIpc) is 2.51. The van der Waals surface area contributed by atoms with Crippen molar-refractivity contribution in [2.75, 3.05) is 47.4 Å². The molecule has 0 saturated carbocycles. The standard InChI is InChI=1S/C15H24N4O3/c1-19(2)9-4-6-17-14(20)12-5-7-16-13(11-12)15(21)18-8-10-22-3/h5,7,11H,4,6,8-10H2,1-3H3,(H,17,20)(H,18,21). The van der Waals surface area contributed by atoms with Gasteiger partial charge in [0.2, 0.25) is 0 Å². The Hall–Kier alpha value is -1.99. The highest BCUT2D eigenvalue weighted by Crippen LogP contribution is 2.02. The van der Waals surface area contributed by atoms with Gasteiger partial charge in [-0.25, -0.2) is 0 Å². The molecule has 0 atom stereocenters. The van der Waals surface area contributed by atoms with Crippen LogP contribution in [-0.4, -0.2) is 69.1 Å². The lowest BCUT2D eigenvalue weighted by Crippen LogP contribution is -2.29. The Morgan fingerprint density at radius 3 is 2.64 bits per heavy atom. The second-order valence-corrected chi connectivity index (χ2v) is 5.09. The number of nitrogens with one attached hydrogen (secondary N) is 2. The minimum absolute atomic E-state index is 0.202. The summed E-state index contributed by atoms with van der Waals surface area (Å²) >= 11 is 0. The van der Waals surface area contributed by atoms with Gasteiger partial charge in [0.1, 0.15) is 5.69 Å². The van der Waals surface area contributed by atoms with E-state index in [1.165, 1.54) is 12.3 Å². The minimum Gasteiger partial charge on any atom is -0.383 e. The first-order valence-electron chi connectivity index (χ1n) is 7.20. The molecule has 1 aromatic heterocycles. The molecule has 7 heteroatoms. The van der Waals surface area contributed by atoms with E-state index in [1.807, 2.05) is 14.1 Å². The molecule has 1 aromatic rings. The van der Waals surface area contributed by atoms with E-state index in [2.05, 4.69) is 20.5 Å². The number of nitrogens with zero attached hydrogens (tertiary/aromatic N) is 2. The van der Waals surface area contributed by atoms with Gasteiger partial charge >= 0.3 is 0 Å². The second-order valence-electron chi connectivity index (χ2n) is 5.09. The van der Waals surface area contributed by atoms with Crippen molar-refractivity contribution in [3.8, 4) is 0 Å². The average molecular weight is 308 g/mol. The molecule has 0 aliphatic rings. The minimum atomic E-state index is -0.320. The first-order chi connectivity index (χ1) is 10.5. The molecule has 0 spiro atoms. The molecule has 0 saturated heterocycles. The molecule has 0 radical (unpaired) electrons. The maximum Gasteiger partial charge on any atom is 0.269 e. The van der Waals surface area contributed by atoms with Gasteiger partial charge in [0, 0.05) is 32.0 Å². The molecule has 0 aromatic carbocycles. The van der Waals surface area contributed by atoms with Gasteiger partial charge in [-0.15, -0.1) is 0 Å². The maximum absolute atomic E-state index is 12.0. The van der Waals surface area contributed by atoms with Gasteiger partial charge in [0.05, 0.1) is 6.61 Å². The summed E-state index contributed by atoms with van der Waals surface area (Å²) in [5, 5.41) is 5.49. The first-order valence-corrected chi connectivity index (χ1v) is 7.20. The van der Waals surface area contributed by atoms with Crippen LogP contribution in [0, 0.1) is 0 Å². The summed E-state index contributed by atoms with van der Waals surface area (Å²) in [6.07, 6.45) is 2.33. The molecule has 2 amide bonds. The Labute approximate surface area is 131 Å². The van der Waals surface area contributed by atoms with Crippen LogP contribution in [-0.2, 0) is 4.74 Å². The van der Waals surface area contributed by atoms with E-state index < -0.39 is 0 Å². The Morgan fingerprint density at radius 2 is 1.95 bits per heavy atom. The van der Waals surface area contributed by atoms with Crippen molar-refractivity contribution in [3.05, 3.63) is 29.6 Å². The fraction of sp³-hybridized carbons (Fsp3) is 0.533. The quantitative estimate of drug-likeness (QED) is 0.634. The van der Waals surface area contributed by atoms with Crippen molar-refractivity contribution in [3.63, 3.8) is 0 Å². The number of ether oxygens (including phenoxy) is 1. The molecule has 1 heterocycles. The molecule has 1 rings (SSSR count). The normalized spacial score (nSPS) is 10.5. The summed E-state index contributed by atoms with van der Waals surface area (Å²) in [6, 6.07) is 3.08. The number of methoxy groups -OCH3 is 1. The Balaban J connectivity index is 2.52. The van der Waals surface area contributed by atoms with Crippen molar-refractivity contribution in [2.45, 2.75) is 6.42 Å². The summed E-state index contributed by atoms with van der Waals surface area (Å²) in [6.45, 7) is 2.33. The van der Waals surface area contributed by atoms with Crippen LogP contribution in [0.4, 0.5) is 0 Å². The molecule has 0 aliphatic heterocycles. The first kappa shape index (κ1) is 18.1. The molecule has 22 heavy (non-hydrogen) atoms. The Bertz CT molecular complexity index is 491. The van der Waals surface area contributed by atoms with Crippen molar-refractivity contribution in [1.29, 1.82) is 0 Å². The van der Waals surface area contributed by atoms with Crippen molar-refractivity contribution in [1.82, 2.24) is 20.5 Å². The molecule has 0 unspecified atom stereocenters. The van der Waals surface area contributed by atoms with Crippen LogP contribution in [0.3, 0.4) is 0 Å². The van der Waals surface area contributed by atoms with Crippen LogP contribution in [0.15, 0.2) is 18.3 Å². The van der Waals surface area contributed by atoms with E-state index in [0.717, 1.165) is 13.0 Å². The van der Waals surface area contributed by atoms with E-state index in [9.17, 15) is 9.59 Å². The monoisotopic (exact) mass is 308 g/mol. The van der Waals surface area contributed by atoms with E-state index in [4.69, 9.17) is 4.74 Å². The number of aromatic nitrogens is 1. The number of hydrogen-bond acceptors (Lipinski definition) is 5. The zero-order chi connectivity index (χ0) is 16.4. The third-order valence-corrected chi connectivity index (χ3v) is 2.91. The summed E-state index contributed by atoms with van der Waals surface area (Å²) in [5.74, 6) is -0.522. The van der Waals surface area contributed by atoms with Crippen LogP contribution >= 0.6 is 0 Å². The zero-order valence-corrected chi connectivity index (χ0v) is 13.4. The lowest BCUT2D eigenvalue weighted by atomic mass is 10.2. The Kier molecular flexibility index (Phi) is 8.09. The molecule has 122 valence electrons. The predicted octanol–water partition coefficient (Wildman–Crippen LogP) is 0.139. The van der Waals surface area contributed by atoms with Crippen molar-refractivity contribution < 1.29 is 14.3 Å². The highest BCUT2D eigenvalue weighted by molar-refractivity contribution is 5.98. The summed E-state index contributed by atoms with van der Waals surface area (Å²) in [5.41, 5.74) is 0.647. The van der Waals surface area contributed by atoms with Gasteiger partial charge in [0.25, 0.3) is 11.8 Å². The highest BCUT2D eigenvalue weighted by atomic mass is 16.5. The summed E-state index contributed by atoms with van der Waals surface area (Å²) in [4.78, 5) is 29.9. The molecular weight excluding hydrogens is 284 g/mol. The van der Waals surface area contributed by atoms with E-state index in [1.54, 1.807) is 13.2 Å². The summed E-state index contributed by atoms with van der Waals surface area (Å²) in [7, 11) is 5.53. The summed E-state index contributed by atoms with van der Waals surface area (Å²) < 4.78 is 4.86. The smallest absolute Gasteiger partial charge is 0.269 e. The van der Waals surface area contributed by atoms with Gasteiger partial charge in [-0.1, -0.05) is 0 Å².